The van der Waals surface area contributed by atoms with Crippen LogP contribution in [0.3, 0.4) is 0 Å². The molecule has 2 heterocycles. The van der Waals surface area contributed by atoms with E-state index in [1.807, 2.05) is 67.6 Å². The van der Waals surface area contributed by atoms with Gasteiger partial charge in [-0.05, 0) is 54.4 Å². The monoisotopic (exact) mass is 441 g/mol. The fraction of sp³-hybridized carbons (Fsp3) is 0.192. The minimum atomic E-state index is -0.918. The number of anilines is 3. The van der Waals surface area contributed by atoms with Crippen molar-refractivity contribution < 1.29 is 19.2 Å². The Morgan fingerprint density at radius 1 is 0.879 bits per heavy atom. The first-order valence-electron chi connectivity index (χ1n) is 10.8. The molecule has 1 N–H and O–H groups in total. The number of para-hydroxylation sites is 1. The van der Waals surface area contributed by atoms with E-state index in [1.165, 1.54) is 11.8 Å². The molecule has 33 heavy (non-hydrogen) atoms. The van der Waals surface area contributed by atoms with Crippen LogP contribution in [0, 0.1) is 12.8 Å². The first kappa shape index (κ1) is 20.9. The van der Waals surface area contributed by atoms with E-state index >= 15 is 0 Å². The van der Waals surface area contributed by atoms with Gasteiger partial charge in [0.05, 0.1) is 17.4 Å². The topological polar surface area (TPSA) is 79.0 Å². The molecule has 2 saturated heterocycles. The third kappa shape index (κ3) is 3.66. The third-order valence-corrected chi connectivity index (χ3v) is 5.96. The van der Waals surface area contributed by atoms with Gasteiger partial charge >= 0.3 is 0 Å². The second-order valence-corrected chi connectivity index (χ2v) is 8.31. The molecule has 7 nitrogen and oxygen atoms in total. The van der Waals surface area contributed by atoms with E-state index in [1.54, 1.807) is 23.3 Å². The van der Waals surface area contributed by atoms with E-state index in [4.69, 9.17) is 4.84 Å². The highest BCUT2D eigenvalue weighted by Crippen LogP contribution is 2.47. The molecule has 2 fully saturated rings. The van der Waals surface area contributed by atoms with Gasteiger partial charge in [-0.15, -0.1) is 0 Å². The van der Waals surface area contributed by atoms with Crippen molar-refractivity contribution in [2.75, 3.05) is 15.3 Å². The van der Waals surface area contributed by atoms with E-state index in [0.717, 1.165) is 16.8 Å². The maximum atomic E-state index is 13.6. The minimum absolute atomic E-state index is 0.164. The number of amides is 3. The molecule has 3 aromatic carbocycles. The second-order valence-electron chi connectivity index (χ2n) is 8.31. The number of rotatable bonds is 4. The van der Waals surface area contributed by atoms with Gasteiger partial charge in [0, 0.05) is 12.6 Å². The van der Waals surface area contributed by atoms with Gasteiger partial charge in [-0.1, -0.05) is 42.5 Å². The molecule has 0 radical (unpaired) electrons. The zero-order valence-corrected chi connectivity index (χ0v) is 18.3. The zero-order chi connectivity index (χ0) is 23.1. The molecular formula is C26H23N3O4. The van der Waals surface area contributed by atoms with Gasteiger partial charge in [0.25, 0.3) is 5.91 Å². The number of fused-ring (bicyclic) bond motifs is 1. The van der Waals surface area contributed by atoms with E-state index < -0.39 is 18.1 Å². The number of nitrogens with zero attached hydrogens (tertiary/aromatic N) is 2. The van der Waals surface area contributed by atoms with Crippen molar-refractivity contribution in [1.29, 1.82) is 0 Å². The second kappa shape index (κ2) is 8.18. The summed E-state index contributed by atoms with van der Waals surface area (Å²) in [6.07, 6.45) is -0.918. The van der Waals surface area contributed by atoms with Gasteiger partial charge in [-0.2, -0.15) is 0 Å². The van der Waals surface area contributed by atoms with Crippen LogP contribution in [0.2, 0.25) is 0 Å². The van der Waals surface area contributed by atoms with Crippen molar-refractivity contribution in [2.24, 2.45) is 5.92 Å². The van der Waals surface area contributed by atoms with Crippen molar-refractivity contribution in [2.45, 2.75) is 26.0 Å². The number of aryl methyl sites for hydroxylation is 1. The normalized spacial score (nSPS) is 21.9. The third-order valence-electron chi connectivity index (χ3n) is 5.96. The lowest BCUT2D eigenvalue weighted by Crippen LogP contribution is -2.37. The average molecular weight is 441 g/mol. The summed E-state index contributed by atoms with van der Waals surface area (Å²) in [5.41, 5.74) is 3.73. The lowest BCUT2D eigenvalue weighted by molar-refractivity contribution is -0.126. The van der Waals surface area contributed by atoms with Gasteiger partial charge < -0.3 is 5.32 Å². The predicted octanol–water partition coefficient (Wildman–Crippen LogP) is 4.00. The summed E-state index contributed by atoms with van der Waals surface area (Å²) >= 11 is 0. The van der Waals surface area contributed by atoms with E-state index in [2.05, 4.69) is 5.32 Å². The Kier molecular flexibility index (Phi) is 5.18. The van der Waals surface area contributed by atoms with Crippen LogP contribution < -0.4 is 15.3 Å². The molecule has 0 unspecified atom stereocenters. The highest BCUT2D eigenvalue weighted by atomic mass is 16.7. The molecule has 3 atom stereocenters. The molecule has 166 valence electrons. The summed E-state index contributed by atoms with van der Waals surface area (Å²) in [4.78, 5) is 45.7. The Bertz CT molecular complexity index is 1230. The number of benzene rings is 3. The van der Waals surface area contributed by atoms with Crippen LogP contribution in [-0.4, -0.2) is 23.8 Å². The van der Waals surface area contributed by atoms with Gasteiger partial charge in [0.15, 0.2) is 6.10 Å². The summed E-state index contributed by atoms with van der Waals surface area (Å²) in [7, 11) is 0. The predicted molar refractivity (Wildman–Crippen MR) is 124 cm³/mol. The van der Waals surface area contributed by atoms with Crippen LogP contribution in [0.5, 0.6) is 0 Å². The molecule has 0 aliphatic carbocycles. The Hall–Kier alpha value is -3.97. The van der Waals surface area contributed by atoms with Crippen LogP contribution in [0.4, 0.5) is 17.1 Å². The van der Waals surface area contributed by atoms with Crippen LogP contribution in [-0.2, 0) is 19.2 Å². The smallest absolute Gasteiger partial charge is 0.266 e. The molecule has 7 heteroatoms. The molecule has 5 rings (SSSR count). The largest absolute Gasteiger partial charge is 0.326 e. The maximum absolute atomic E-state index is 13.6. The molecule has 0 aromatic heterocycles. The molecule has 0 saturated carbocycles. The summed E-state index contributed by atoms with van der Waals surface area (Å²) < 4.78 is 0. The van der Waals surface area contributed by atoms with Crippen molar-refractivity contribution in [3.63, 3.8) is 0 Å². The maximum Gasteiger partial charge on any atom is 0.266 e. The summed E-state index contributed by atoms with van der Waals surface area (Å²) in [6, 6.07) is 23.5. The summed E-state index contributed by atoms with van der Waals surface area (Å²) in [5.74, 6) is -1.52. The van der Waals surface area contributed by atoms with Crippen molar-refractivity contribution >= 4 is 34.8 Å². The average Bonchev–Trinajstić information content (AvgIpc) is 3.31. The van der Waals surface area contributed by atoms with Crippen molar-refractivity contribution in [3.8, 4) is 0 Å². The Morgan fingerprint density at radius 2 is 1.58 bits per heavy atom. The van der Waals surface area contributed by atoms with Gasteiger partial charge in [-0.25, -0.2) is 9.96 Å². The standard InChI is InChI=1S/C26H23N3O4/c1-16-7-6-10-21(15-16)28-25(31)22-23(18-11-13-19(14-12-18)27-17(2)30)29(33-24(22)26(28)32)20-8-4-3-5-9-20/h3-15,22-24H,1-2H3,(H,27,30)/t22-,23-,24-/m0/s1. The van der Waals surface area contributed by atoms with Crippen molar-refractivity contribution in [3.05, 3.63) is 90.0 Å². The number of hydrogen-bond acceptors (Lipinski definition) is 5. The number of hydroxylamine groups is 1. The highest BCUT2D eigenvalue weighted by Gasteiger charge is 2.60. The fourth-order valence-electron chi connectivity index (χ4n) is 4.54. The summed E-state index contributed by atoms with van der Waals surface area (Å²) in [5, 5.41) is 4.41. The van der Waals surface area contributed by atoms with Crippen LogP contribution >= 0.6 is 0 Å². The lowest BCUT2D eigenvalue weighted by Gasteiger charge is -2.29. The number of nitrogens with one attached hydrogen (secondary N) is 1. The SMILES string of the molecule is CC(=O)Nc1ccc([C@H]2[C@@H]3C(=O)N(c4cccc(C)c4)C(=O)[C@H]3ON2c2ccccc2)cc1. The quantitative estimate of drug-likeness (QED) is 0.619. The number of carbonyl (C=O) groups excluding carboxylic acids is 3. The lowest BCUT2D eigenvalue weighted by atomic mass is 9.90. The molecule has 0 spiro atoms. The minimum Gasteiger partial charge on any atom is -0.326 e. The van der Waals surface area contributed by atoms with E-state index in [-0.39, 0.29) is 17.7 Å². The molecule has 2 aliphatic rings. The Morgan fingerprint density at radius 3 is 2.24 bits per heavy atom. The van der Waals surface area contributed by atoms with Crippen LogP contribution in [0.1, 0.15) is 24.1 Å². The van der Waals surface area contributed by atoms with Crippen LogP contribution in [0.25, 0.3) is 0 Å². The summed E-state index contributed by atoms with van der Waals surface area (Å²) in [6.45, 7) is 3.37. The molecular weight excluding hydrogens is 418 g/mol. The molecule has 2 aliphatic heterocycles. The van der Waals surface area contributed by atoms with Gasteiger partial charge in [-0.3, -0.25) is 19.2 Å². The zero-order valence-electron chi connectivity index (χ0n) is 18.3. The molecule has 3 aromatic rings. The highest BCUT2D eigenvalue weighted by molar-refractivity contribution is 6.24. The van der Waals surface area contributed by atoms with Crippen LogP contribution in [0.15, 0.2) is 78.9 Å². The number of imide groups is 1. The molecule has 3 amide bonds. The first-order chi connectivity index (χ1) is 15.9. The Labute approximate surface area is 191 Å². The molecule has 0 bridgehead atoms. The fourth-order valence-corrected chi connectivity index (χ4v) is 4.54. The number of carbonyl (C=O) groups is 3. The van der Waals surface area contributed by atoms with Crippen molar-refractivity contribution in [1.82, 2.24) is 0 Å². The Balaban J connectivity index is 1.55. The van der Waals surface area contributed by atoms with E-state index in [9.17, 15) is 14.4 Å². The number of hydrogen-bond donors (Lipinski definition) is 1. The van der Waals surface area contributed by atoms with Gasteiger partial charge in [0.2, 0.25) is 11.8 Å². The first-order valence-corrected chi connectivity index (χ1v) is 10.8. The van der Waals surface area contributed by atoms with E-state index in [0.29, 0.717) is 11.4 Å². The van der Waals surface area contributed by atoms with Gasteiger partial charge in [0.1, 0.15) is 5.92 Å².